The minimum absolute atomic E-state index is 0.117. The second kappa shape index (κ2) is 7.10. The van der Waals surface area contributed by atoms with Gasteiger partial charge in [0.1, 0.15) is 5.03 Å². The Kier molecular flexibility index (Phi) is 6.07. The molecule has 0 saturated heterocycles. The van der Waals surface area contributed by atoms with Crippen LogP contribution in [0.4, 0.5) is 0 Å². The number of amides is 1. The summed E-state index contributed by atoms with van der Waals surface area (Å²) in [6.07, 6.45) is 0. The first-order chi connectivity index (χ1) is 8.82. The molecule has 0 aromatic carbocycles. The molecular weight excluding hydrogens is 282 g/mol. The molecule has 0 bridgehead atoms. The van der Waals surface area contributed by atoms with Gasteiger partial charge in [0.15, 0.2) is 5.15 Å². The van der Waals surface area contributed by atoms with E-state index < -0.39 is 0 Å². The van der Waals surface area contributed by atoms with Gasteiger partial charge in [-0.25, -0.2) is 0 Å². The molecular formula is C13H20ClN3OS. The van der Waals surface area contributed by atoms with Crippen molar-refractivity contribution in [2.24, 2.45) is 0 Å². The summed E-state index contributed by atoms with van der Waals surface area (Å²) in [5.41, 5.74) is 0. The van der Waals surface area contributed by atoms with Gasteiger partial charge in [-0.3, -0.25) is 4.79 Å². The van der Waals surface area contributed by atoms with Gasteiger partial charge in [-0.1, -0.05) is 23.4 Å². The molecule has 0 aliphatic rings. The van der Waals surface area contributed by atoms with Crippen LogP contribution in [0.1, 0.15) is 34.6 Å². The molecule has 19 heavy (non-hydrogen) atoms. The zero-order chi connectivity index (χ0) is 14.6. The number of rotatable bonds is 5. The van der Waals surface area contributed by atoms with E-state index in [-0.39, 0.29) is 23.2 Å². The Bertz CT molecular complexity index is 414. The second-order valence-electron chi connectivity index (χ2n) is 4.89. The molecule has 0 aliphatic heterocycles. The SMILES string of the molecule is CC(Sc1ccc(Cl)nn1)C(=O)N(C(C)C)C(C)C. The first kappa shape index (κ1) is 16.2. The molecule has 1 aromatic heterocycles. The minimum Gasteiger partial charge on any atom is -0.337 e. The predicted molar refractivity (Wildman–Crippen MR) is 79.5 cm³/mol. The van der Waals surface area contributed by atoms with Crippen molar-refractivity contribution < 1.29 is 4.79 Å². The van der Waals surface area contributed by atoms with E-state index in [1.165, 1.54) is 11.8 Å². The van der Waals surface area contributed by atoms with Crippen molar-refractivity contribution in [1.29, 1.82) is 0 Å². The van der Waals surface area contributed by atoms with Crippen LogP contribution in [-0.4, -0.2) is 38.3 Å². The van der Waals surface area contributed by atoms with Crippen molar-refractivity contribution in [3.8, 4) is 0 Å². The summed E-state index contributed by atoms with van der Waals surface area (Å²) >= 11 is 7.09. The third-order valence-corrected chi connectivity index (χ3v) is 3.84. The van der Waals surface area contributed by atoms with E-state index in [9.17, 15) is 4.79 Å². The van der Waals surface area contributed by atoms with Crippen LogP contribution < -0.4 is 0 Å². The third kappa shape index (κ3) is 4.66. The van der Waals surface area contributed by atoms with Gasteiger partial charge in [0, 0.05) is 12.1 Å². The van der Waals surface area contributed by atoms with Crippen molar-refractivity contribution in [1.82, 2.24) is 15.1 Å². The van der Waals surface area contributed by atoms with Gasteiger partial charge < -0.3 is 4.90 Å². The van der Waals surface area contributed by atoms with Gasteiger partial charge in [-0.05, 0) is 46.8 Å². The maximum Gasteiger partial charge on any atom is 0.236 e. The summed E-state index contributed by atoms with van der Waals surface area (Å²) < 4.78 is 0. The fraction of sp³-hybridized carbons (Fsp3) is 0.615. The third-order valence-electron chi connectivity index (χ3n) is 2.62. The average molecular weight is 302 g/mol. The zero-order valence-corrected chi connectivity index (χ0v) is 13.5. The Morgan fingerprint density at radius 1 is 1.16 bits per heavy atom. The van der Waals surface area contributed by atoms with Crippen LogP contribution in [0.15, 0.2) is 17.2 Å². The molecule has 1 rings (SSSR count). The number of hydrogen-bond acceptors (Lipinski definition) is 4. The summed E-state index contributed by atoms with van der Waals surface area (Å²) in [6.45, 7) is 9.99. The standard InChI is InChI=1S/C13H20ClN3OS/c1-8(2)17(9(3)4)13(18)10(5)19-12-7-6-11(14)15-16-12/h6-10H,1-5H3. The van der Waals surface area contributed by atoms with Crippen molar-refractivity contribution in [3.05, 3.63) is 17.3 Å². The van der Waals surface area contributed by atoms with Crippen LogP contribution in [0, 0.1) is 0 Å². The molecule has 0 aliphatic carbocycles. The maximum absolute atomic E-state index is 12.4. The largest absolute Gasteiger partial charge is 0.337 e. The highest BCUT2D eigenvalue weighted by Gasteiger charge is 2.26. The highest BCUT2D eigenvalue weighted by atomic mass is 35.5. The molecule has 0 radical (unpaired) electrons. The lowest BCUT2D eigenvalue weighted by Gasteiger charge is -2.32. The monoisotopic (exact) mass is 301 g/mol. The first-order valence-electron chi connectivity index (χ1n) is 6.31. The lowest BCUT2D eigenvalue weighted by molar-refractivity contribution is -0.133. The first-order valence-corrected chi connectivity index (χ1v) is 7.56. The van der Waals surface area contributed by atoms with E-state index in [1.807, 2.05) is 39.5 Å². The molecule has 106 valence electrons. The molecule has 0 fully saturated rings. The van der Waals surface area contributed by atoms with Gasteiger partial charge >= 0.3 is 0 Å². The van der Waals surface area contributed by atoms with E-state index in [4.69, 9.17) is 11.6 Å². The van der Waals surface area contributed by atoms with Gasteiger partial charge in [0.25, 0.3) is 0 Å². The molecule has 1 heterocycles. The summed E-state index contributed by atoms with van der Waals surface area (Å²) in [7, 11) is 0. The van der Waals surface area contributed by atoms with Crippen LogP contribution in [0.5, 0.6) is 0 Å². The zero-order valence-electron chi connectivity index (χ0n) is 11.9. The number of halogens is 1. The molecule has 1 amide bonds. The van der Waals surface area contributed by atoms with Crippen LogP contribution >= 0.6 is 23.4 Å². The van der Waals surface area contributed by atoms with Crippen molar-refractivity contribution in [2.75, 3.05) is 0 Å². The number of aromatic nitrogens is 2. The second-order valence-corrected chi connectivity index (χ2v) is 6.64. The minimum atomic E-state index is -0.194. The fourth-order valence-corrected chi connectivity index (χ4v) is 2.83. The van der Waals surface area contributed by atoms with Crippen LogP contribution in [0.2, 0.25) is 5.15 Å². The molecule has 1 atom stereocenters. The summed E-state index contributed by atoms with van der Waals surface area (Å²) in [4.78, 5) is 14.3. The molecule has 0 N–H and O–H groups in total. The van der Waals surface area contributed by atoms with Crippen LogP contribution in [0.3, 0.4) is 0 Å². The van der Waals surface area contributed by atoms with E-state index in [0.29, 0.717) is 10.2 Å². The molecule has 0 spiro atoms. The Morgan fingerprint density at radius 3 is 2.16 bits per heavy atom. The highest BCUT2D eigenvalue weighted by molar-refractivity contribution is 8.00. The Hall–Kier alpha value is -0.810. The maximum atomic E-state index is 12.4. The lowest BCUT2D eigenvalue weighted by atomic mass is 10.2. The average Bonchev–Trinajstić information content (AvgIpc) is 2.31. The molecule has 1 aromatic rings. The number of carbonyl (C=O) groups is 1. The Morgan fingerprint density at radius 2 is 1.74 bits per heavy atom. The molecule has 0 saturated carbocycles. The van der Waals surface area contributed by atoms with E-state index in [1.54, 1.807) is 12.1 Å². The van der Waals surface area contributed by atoms with Gasteiger partial charge in [-0.15, -0.1) is 10.2 Å². The van der Waals surface area contributed by atoms with Crippen LogP contribution in [-0.2, 0) is 4.79 Å². The van der Waals surface area contributed by atoms with Crippen LogP contribution in [0.25, 0.3) is 0 Å². The summed E-state index contributed by atoms with van der Waals surface area (Å²) in [6, 6.07) is 3.83. The van der Waals surface area contributed by atoms with Gasteiger partial charge in [0.05, 0.1) is 5.25 Å². The topological polar surface area (TPSA) is 46.1 Å². The normalized spacial score (nSPS) is 12.8. The number of thioether (sulfide) groups is 1. The van der Waals surface area contributed by atoms with E-state index in [0.717, 1.165) is 0 Å². The lowest BCUT2D eigenvalue weighted by Crippen LogP contribution is -2.45. The fourth-order valence-electron chi connectivity index (χ4n) is 1.91. The van der Waals surface area contributed by atoms with Crippen molar-refractivity contribution in [2.45, 2.75) is 57.0 Å². The molecule has 1 unspecified atom stereocenters. The van der Waals surface area contributed by atoms with Gasteiger partial charge in [-0.2, -0.15) is 0 Å². The van der Waals surface area contributed by atoms with E-state index in [2.05, 4.69) is 10.2 Å². The van der Waals surface area contributed by atoms with Crippen molar-refractivity contribution >= 4 is 29.3 Å². The number of nitrogens with zero attached hydrogens (tertiary/aromatic N) is 3. The van der Waals surface area contributed by atoms with Gasteiger partial charge in [0.2, 0.25) is 5.91 Å². The Balaban J connectivity index is 2.73. The summed E-state index contributed by atoms with van der Waals surface area (Å²) in [5.74, 6) is 0.117. The number of carbonyl (C=O) groups excluding carboxylic acids is 1. The van der Waals surface area contributed by atoms with E-state index >= 15 is 0 Å². The quantitative estimate of drug-likeness (QED) is 0.783. The molecule has 6 heteroatoms. The predicted octanol–water partition coefficient (Wildman–Crippen LogP) is 3.26. The number of hydrogen-bond donors (Lipinski definition) is 0. The highest BCUT2D eigenvalue weighted by Crippen LogP contribution is 2.24. The smallest absolute Gasteiger partial charge is 0.236 e. The Labute approximate surface area is 123 Å². The summed E-state index contributed by atoms with van der Waals surface area (Å²) in [5, 5.41) is 8.60. The van der Waals surface area contributed by atoms with Crippen molar-refractivity contribution in [3.63, 3.8) is 0 Å². The molecule has 4 nitrogen and oxygen atoms in total.